The molecule has 1 heterocycles. The van der Waals surface area contributed by atoms with E-state index in [0.29, 0.717) is 25.9 Å². The number of aliphatic hydroxyl groups excluding tert-OH is 1. The Morgan fingerprint density at radius 1 is 1.16 bits per heavy atom. The van der Waals surface area contributed by atoms with Gasteiger partial charge in [0.1, 0.15) is 29.8 Å². The second-order valence-electron chi connectivity index (χ2n) is 14.2. The fourth-order valence-corrected chi connectivity index (χ4v) is 10.2. The van der Waals surface area contributed by atoms with Gasteiger partial charge in [-0.15, -0.1) is 18.3 Å². The summed E-state index contributed by atoms with van der Waals surface area (Å²) >= 11 is 1.44. The minimum absolute atomic E-state index is 0.000257. The molecule has 11 heteroatoms. The van der Waals surface area contributed by atoms with Crippen LogP contribution >= 0.6 is 11.8 Å². The summed E-state index contributed by atoms with van der Waals surface area (Å²) in [7, 11) is 0. The van der Waals surface area contributed by atoms with Gasteiger partial charge < -0.3 is 25.2 Å². The molecule has 4 fully saturated rings. The summed E-state index contributed by atoms with van der Waals surface area (Å²) < 4.78 is 6.36. The van der Waals surface area contributed by atoms with E-state index in [1.54, 1.807) is 6.08 Å². The number of aliphatic carboxylic acids is 1. The zero-order valence-corrected chi connectivity index (χ0v) is 27.0. The highest BCUT2D eigenvalue weighted by Crippen LogP contribution is 2.68. The van der Waals surface area contributed by atoms with Gasteiger partial charge in [-0.05, 0) is 55.8 Å². The lowest BCUT2D eigenvalue weighted by Crippen LogP contribution is -2.63. The van der Waals surface area contributed by atoms with E-state index in [0.717, 1.165) is 32.1 Å². The van der Waals surface area contributed by atoms with Crippen LogP contribution in [0.5, 0.6) is 0 Å². The third-order valence-corrected chi connectivity index (χ3v) is 13.3. The van der Waals surface area contributed by atoms with E-state index in [1.165, 1.54) is 11.8 Å². The van der Waals surface area contributed by atoms with Gasteiger partial charge in [0.2, 0.25) is 0 Å². The predicted molar refractivity (Wildman–Crippen MR) is 170 cm³/mol. The Hall–Kier alpha value is -2.66. The molecule has 0 spiro atoms. The van der Waals surface area contributed by atoms with Crippen molar-refractivity contribution in [2.75, 3.05) is 35.6 Å². The number of nitrogens with one attached hydrogen (secondary N) is 1. The average Bonchev–Trinajstić information content (AvgIpc) is 3.35. The Labute approximate surface area is 262 Å². The van der Waals surface area contributed by atoms with Crippen molar-refractivity contribution in [3.63, 3.8) is 0 Å². The maximum Gasteiger partial charge on any atom is 0.322 e. The molecule has 9 atom stereocenters. The molecule has 0 aromatic heterocycles. The lowest BCUT2D eigenvalue weighted by molar-refractivity contribution is -0.205. The Morgan fingerprint density at radius 3 is 2.57 bits per heavy atom. The van der Waals surface area contributed by atoms with Gasteiger partial charge in [0.15, 0.2) is 0 Å². The van der Waals surface area contributed by atoms with Gasteiger partial charge in [-0.25, -0.2) is 0 Å². The van der Waals surface area contributed by atoms with Crippen molar-refractivity contribution in [3.05, 3.63) is 33.1 Å². The first kappa shape index (κ1) is 32.7. The fraction of sp³-hybridized carbons (Fsp3) is 0.727. The van der Waals surface area contributed by atoms with E-state index >= 15 is 0 Å². The van der Waals surface area contributed by atoms with Crippen LogP contribution in [0, 0.1) is 34.0 Å². The summed E-state index contributed by atoms with van der Waals surface area (Å²) in [6.45, 7) is 13.0. The summed E-state index contributed by atoms with van der Waals surface area (Å²) in [4.78, 5) is 64.4. The number of ketones is 1. The van der Waals surface area contributed by atoms with Gasteiger partial charge in [-0.3, -0.25) is 24.0 Å². The number of Topliss-reactive ketones (excluding diaryl/α,β-unsaturated/α-hetero) is 1. The van der Waals surface area contributed by atoms with Crippen molar-refractivity contribution >= 4 is 40.9 Å². The van der Waals surface area contributed by atoms with Crippen molar-refractivity contribution in [1.82, 2.24) is 0 Å². The second-order valence-corrected chi connectivity index (χ2v) is 15.5. The van der Waals surface area contributed by atoms with Gasteiger partial charge in [0.05, 0.1) is 11.9 Å². The zero-order valence-electron chi connectivity index (χ0n) is 26.2. The zero-order chi connectivity index (χ0) is 32.2. The van der Waals surface area contributed by atoms with Gasteiger partial charge in [0, 0.05) is 41.5 Å². The third-order valence-electron chi connectivity index (χ3n) is 12.0. The van der Waals surface area contributed by atoms with Gasteiger partial charge in [0.25, 0.3) is 10.9 Å². The smallest absolute Gasteiger partial charge is 0.322 e. The first-order valence-corrected chi connectivity index (χ1v) is 16.9. The summed E-state index contributed by atoms with van der Waals surface area (Å²) in [6, 6.07) is 0. The normalized spacial score (nSPS) is 38.8. The lowest BCUT2D eigenvalue weighted by Gasteiger charge is -2.61. The molecule has 0 amide bonds. The van der Waals surface area contributed by atoms with Crippen molar-refractivity contribution in [2.24, 2.45) is 34.0 Å². The van der Waals surface area contributed by atoms with E-state index in [1.807, 2.05) is 11.8 Å². The predicted octanol–water partition coefficient (Wildman–Crippen LogP) is 3.39. The molecule has 0 radical (unpaired) electrons. The Kier molecular flexibility index (Phi) is 8.87. The quantitative estimate of drug-likeness (QED) is 0.209. The first-order chi connectivity index (χ1) is 20.7. The van der Waals surface area contributed by atoms with Crippen molar-refractivity contribution < 1.29 is 29.3 Å². The number of rotatable bonds is 9. The number of carbonyl (C=O) groups excluding carboxylic acids is 2. The third kappa shape index (κ3) is 5.21. The van der Waals surface area contributed by atoms with E-state index in [9.17, 15) is 29.1 Å². The summed E-state index contributed by atoms with van der Waals surface area (Å²) in [5, 5.41) is 23.2. The van der Waals surface area contributed by atoms with Gasteiger partial charge >= 0.3 is 11.9 Å². The summed E-state index contributed by atoms with van der Waals surface area (Å²) in [6.07, 6.45) is 5.46. The fourth-order valence-electron chi connectivity index (χ4n) is 9.17. The molecule has 3 N–H and O–H groups in total. The Balaban J connectivity index is 1.32. The summed E-state index contributed by atoms with van der Waals surface area (Å²) in [5.41, 5.74) is -2.67. The Morgan fingerprint density at radius 2 is 1.89 bits per heavy atom. The molecule has 1 saturated heterocycles. The molecule has 44 heavy (non-hydrogen) atoms. The number of hydrogen-bond donors (Lipinski definition) is 3. The second kappa shape index (κ2) is 11.9. The van der Waals surface area contributed by atoms with Crippen LogP contribution in [0.2, 0.25) is 0 Å². The molecule has 5 rings (SSSR count). The van der Waals surface area contributed by atoms with E-state index in [4.69, 9.17) is 9.84 Å². The van der Waals surface area contributed by atoms with Crippen LogP contribution in [0.25, 0.3) is 0 Å². The molecule has 3 saturated carbocycles. The van der Waals surface area contributed by atoms with Crippen LogP contribution in [0.4, 0.5) is 11.4 Å². The number of carboxylic acids is 1. The van der Waals surface area contributed by atoms with Crippen LogP contribution in [-0.2, 0) is 19.1 Å². The van der Waals surface area contributed by atoms with Gasteiger partial charge in [-0.2, -0.15) is 0 Å². The van der Waals surface area contributed by atoms with Crippen LogP contribution in [0.15, 0.2) is 22.2 Å². The monoisotopic (exact) mass is 630 g/mol. The molecule has 3 aliphatic carbocycles. The molecule has 1 unspecified atom stereocenters. The molecule has 2 bridgehead atoms. The summed E-state index contributed by atoms with van der Waals surface area (Å²) in [5.74, 6) is -1.43. The number of carbonyl (C=O) groups is 3. The van der Waals surface area contributed by atoms with Crippen LogP contribution in [0.3, 0.4) is 0 Å². The largest absolute Gasteiger partial charge is 0.480 e. The number of aliphatic hydroxyl groups is 1. The average molecular weight is 631 g/mol. The molecule has 1 aromatic rings. The SMILES string of the molecule is C=C[C@]1(C)C[C@@H](OC(=O)CSC2CCCN(c3c(NCC(=O)O)c(=O)c3=O)C2)[C@]2(C)[C@H](C)CC[C@]3(CCC(=O)[C@H]32)[C@@H](C)[C@@H]1O. The van der Waals surface area contributed by atoms with Gasteiger partial charge in [-0.1, -0.05) is 33.8 Å². The van der Waals surface area contributed by atoms with E-state index < -0.39 is 46.4 Å². The molecular formula is C33H46N2O8S. The highest BCUT2D eigenvalue weighted by Gasteiger charge is 2.68. The highest BCUT2D eigenvalue weighted by molar-refractivity contribution is 8.00. The van der Waals surface area contributed by atoms with Crippen LogP contribution in [-0.4, -0.2) is 70.8 Å². The number of piperidine rings is 1. The molecule has 1 aliphatic heterocycles. The maximum absolute atomic E-state index is 13.6. The topological polar surface area (TPSA) is 150 Å². The van der Waals surface area contributed by atoms with E-state index in [2.05, 4.69) is 32.7 Å². The van der Waals surface area contributed by atoms with Crippen molar-refractivity contribution in [3.8, 4) is 0 Å². The number of esters is 1. The van der Waals surface area contributed by atoms with Crippen molar-refractivity contribution in [1.29, 1.82) is 0 Å². The van der Waals surface area contributed by atoms with Crippen LogP contribution in [0.1, 0.15) is 72.6 Å². The number of nitrogens with zero attached hydrogens (tertiary/aromatic N) is 1. The number of carboxylic acid groups (broad SMARTS) is 1. The molecule has 1 aromatic carbocycles. The van der Waals surface area contributed by atoms with E-state index in [-0.39, 0.29) is 57.3 Å². The first-order valence-electron chi connectivity index (χ1n) is 15.9. The molecule has 10 nitrogen and oxygen atoms in total. The maximum atomic E-state index is 13.6. The minimum atomic E-state index is -1.13. The van der Waals surface area contributed by atoms with Crippen molar-refractivity contribution in [2.45, 2.75) is 90.1 Å². The molecule has 4 aliphatic rings. The minimum Gasteiger partial charge on any atom is -0.480 e. The Bertz CT molecular complexity index is 1400. The highest BCUT2D eigenvalue weighted by atomic mass is 32.2. The lowest BCUT2D eigenvalue weighted by atomic mass is 9.44. The molecular weight excluding hydrogens is 584 g/mol. The standard InChI is InChI=1S/C33H46N2O8S/c1-6-31(4)14-22(32(5)18(2)9-11-33(19(3)30(31)42)12-10-21(36)29(32)33)43-24(39)17-44-20-8-7-13-35(16-20)26-25(27(40)28(26)41)34-15-23(37)38/h6,18-20,22,29-30,34,42H,1,7-17H2,2-5H3,(H,37,38)/t18-,19+,20?,22-,29+,30+,31-,32+,33+/m1/s1. The number of thioether (sulfide) groups is 1. The van der Waals surface area contributed by atoms with Crippen LogP contribution < -0.4 is 21.1 Å². The number of hydrogen-bond acceptors (Lipinski definition) is 10. The molecule has 242 valence electrons. The number of ether oxygens (including phenoxy) is 1. The number of anilines is 2.